The standard InChI is InChI=1S/C12H24N2O3S/c1-9-8-14(7-6-10(9)13-4)11(15)12(2,3)18(5,16)17/h9-10,13H,6-8H2,1-5H3. The Morgan fingerprint density at radius 2 is 1.94 bits per heavy atom. The van der Waals surface area contributed by atoms with Gasteiger partial charge in [0, 0.05) is 25.4 Å². The Hall–Kier alpha value is -0.620. The van der Waals surface area contributed by atoms with Gasteiger partial charge < -0.3 is 10.2 Å². The van der Waals surface area contributed by atoms with Crippen molar-refractivity contribution < 1.29 is 13.2 Å². The van der Waals surface area contributed by atoms with E-state index in [0.717, 1.165) is 12.7 Å². The Morgan fingerprint density at radius 3 is 2.33 bits per heavy atom. The maximum absolute atomic E-state index is 12.3. The first-order chi connectivity index (χ1) is 8.11. The smallest absolute Gasteiger partial charge is 0.243 e. The van der Waals surface area contributed by atoms with Gasteiger partial charge in [-0.15, -0.1) is 0 Å². The van der Waals surface area contributed by atoms with Crippen LogP contribution in [0.4, 0.5) is 0 Å². The first kappa shape index (κ1) is 15.4. The van der Waals surface area contributed by atoms with Crippen molar-refractivity contribution in [3.05, 3.63) is 0 Å². The third-order valence-electron chi connectivity index (χ3n) is 4.01. The molecule has 0 radical (unpaired) electrons. The lowest BCUT2D eigenvalue weighted by atomic mass is 9.93. The summed E-state index contributed by atoms with van der Waals surface area (Å²) >= 11 is 0. The second kappa shape index (κ2) is 5.17. The molecule has 0 bridgehead atoms. The van der Waals surface area contributed by atoms with Crippen molar-refractivity contribution in [1.29, 1.82) is 0 Å². The molecule has 1 N–H and O–H groups in total. The van der Waals surface area contributed by atoms with Crippen LogP contribution in [0.25, 0.3) is 0 Å². The molecule has 1 amide bonds. The second-order valence-electron chi connectivity index (χ2n) is 5.69. The fourth-order valence-electron chi connectivity index (χ4n) is 2.30. The van der Waals surface area contributed by atoms with Gasteiger partial charge in [-0.3, -0.25) is 4.79 Å². The topological polar surface area (TPSA) is 66.5 Å². The fourth-order valence-corrected chi connectivity index (χ4v) is 2.74. The summed E-state index contributed by atoms with van der Waals surface area (Å²) in [6.07, 6.45) is 1.98. The Kier molecular flexibility index (Phi) is 4.43. The van der Waals surface area contributed by atoms with Crippen LogP contribution in [-0.2, 0) is 14.6 Å². The normalized spacial score (nSPS) is 26.2. The van der Waals surface area contributed by atoms with Gasteiger partial charge >= 0.3 is 0 Å². The van der Waals surface area contributed by atoms with Crippen LogP contribution in [-0.4, -0.2) is 56.4 Å². The van der Waals surface area contributed by atoms with E-state index in [2.05, 4.69) is 12.2 Å². The van der Waals surface area contributed by atoms with Gasteiger partial charge in [0.2, 0.25) is 5.91 Å². The molecule has 0 aliphatic carbocycles. The van der Waals surface area contributed by atoms with E-state index in [1.165, 1.54) is 13.8 Å². The summed E-state index contributed by atoms with van der Waals surface area (Å²) in [6.45, 7) is 6.28. The molecule has 106 valence electrons. The number of hydrogen-bond acceptors (Lipinski definition) is 4. The zero-order valence-corrected chi connectivity index (χ0v) is 12.7. The third kappa shape index (κ3) is 2.85. The highest BCUT2D eigenvalue weighted by molar-refractivity contribution is 7.92. The Morgan fingerprint density at radius 1 is 1.39 bits per heavy atom. The van der Waals surface area contributed by atoms with Crippen LogP contribution in [0.15, 0.2) is 0 Å². The average Bonchev–Trinajstić information content (AvgIpc) is 2.26. The van der Waals surface area contributed by atoms with Crippen LogP contribution in [0.1, 0.15) is 27.2 Å². The number of nitrogens with zero attached hydrogens (tertiary/aromatic N) is 1. The van der Waals surface area contributed by atoms with E-state index < -0.39 is 14.6 Å². The minimum Gasteiger partial charge on any atom is -0.341 e. The summed E-state index contributed by atoms with van der Waals surface area (Å²) in [4.78, 5) is 14.0. The molecule has 0 aromatic carbocycles. The highest BCUT2D eigenvalue weighted by Crippen LogP contribution is 2.23. The molecule has 1 aliphatic rings. The van der Waals surface area contributed by atoms with Crippen LogP contribution < -0.4 is 5.32 Å². The number of rotatable bonds is 3. The highest BCUT2D eigenvalue weighted by Gasteiger charge is 2.42. The molecule has 1 heterocycles. The summed E-state index contributed by atoms with van der Waals surface area (Å²) in [5.41, 5.74) is 0. The lowest BCUT2D eigenvalue weighted by Crippen LogP contribution is -2.56. The highest BCUT2D eigenvalue weighted by atomic mass is 32.2. The number of carbonyl (C=O) groups excluding carboxylic acids is 1. The van der Waals surface area contributed by atoms with Crippen molar-refractivity contribution in [3.63, 3.8) is 0 Å². The van der Waals surface area contributed by atoms with Crippen LogP contribution in [0, 0.1) is 5.92 Å². The lowest BCUT2D eigenvalue weighted by molar-refractivity contribution is -0.135. The monoisotopic (exact) mass is 276 g/mol. The van der Waals surface area contributed by atoms with E-state index in [1.807, 2.05) is 7.05 Å². The van der Waals surface area contributed by atoms with Crippen LogP contribution in [0.5, 0.6) is 0 Å². The second-order valence-corrected chi connectivity index (χ2v) is 8.26. The molecule has 18 heavy (non-hydrogen) atoms. The number of amides is 1. The Balaban J connectivity index is 2.82. The molecule has 0 aromatic heterocycles. The van der Waals surface area contributed by atoms with Crippen molar-refractivity contribution in [1.82, 2.24) is 10.2 Å². The predicted molar refractivity (Wildman–Crippen MR) is 72.1 cm³/mol. The molecule has 2 unspecified atom stereocenters. The quantitative estimate of drug-likeness (QED) is 0.803. The predicted octanol–water partition coefficient (Wildman–Crippen LogP) is 0.266. The molecule has 1 saturated heterocycles. The average molecular weight is 276 g/mol. The first-order valence-electron chi connectivity index (χ1n) is 6.27. The SMILES string of the molecule is CNC1CCN(C(=O)C(C)(C)S(C)(=O)=O)CC1C. The third-order valence-corrected chi connectivity index (χ3v) is 6.03. The van der Waals surface area contributed by atoms with Crippen molar-refractivity contribution >= 4 is 15.7 Å². The maximum Gasteiger partial charge on any atom is 0.243 e. The summed E-state index contributed by atoms with van der Waals surface area (Å²) < 4.78 is 22.0. The zero-order valence-electron chi connectivity index (χ0n) is 11.9. The van der Waals surface area contributed by atoms with E-state index in [9.17, 15) is 13.2 Å². The number of nitrogens with one attached hydrogen (secondary N) is 1. The Labute approximate surface area is 110 Å². The van der Waals surface area contributed by atoms with Gasteiger partial charge in [-0.05, 0) is 33.2 Å². The van der Waals surface area contributed by atoms with E-state index in [4.69, 9.17) is 0 Å². The van der Waals surface area contributed by atoms with Gasteiger partial charge in [-0.2, -0.15) is 0 Å². The molecule has 1 rings (SSSR count). The maximum atomic E-state index is 12.3. The molecule has 0 saturated carbocycles. The van der Waals surface area contributed by atoms with Gasteiger partial charge in [0.05, 0.1) is 0 Å². The number of carbonyl (C=O) groups is 1. The minimum absolute atomic E-state index is 0.286. The van der Waals surface area contributed by atoms with Gasteiger partial charge in [-0.1, -0.05) is 6.92 Å². The van der Waals surface area contributed by atoms with E-state index >= 15 is 0 Å². The van der Waals surface area contributed by atoms with Gasteiger partial charge in [-0.25, -0.2) is 8.42 Å². The van der Waals surface area contributed by atoms with E-state index in [-0.39, 0.29) is 5.91 Å². The van der Waals surface area contributed by atoms with Gasteiger partial charge in [0.1, 0.15) is 4.75 Å². The van der Waals surface area contributed by atoms with Crippen molar-refractivity contribution in [2.45, 2.75) is 38.0 Å². The van der Waals surface area contributed by atoms with Crippen molar-refractivity contribution in [2.75, 3.05) is 26.4 Å². The number of hydrogen-bond donors (Lipinski definition) is 1. The van der Waals surface area contributed by atoms with Gasteiger partial charge in [0.25, 0.3) is 0 Å². The molecule has 2 atom stereocenters. The number of likely N-dealkylation sites (tertiary alicyclic amines) is 1. The lowest BCUT2D eigenvalue weighted by Gasteiger charge is -2.39. The molecular weight excluding hydrogens is 252 g/mol. The largest absolute Gasteiger partial charge is 0.341 e. The van der Waals surface area contributed by atoms with Crippen molar-refractivity contribution in [2.24, 2.45) is 5.92 Å². The summed E-state index contributed by atoms with van der Waals surface area (Å²) in [7, 11) is -1.48. The molecule has 1 fully saturated rings. The zero-order chi connectivity index (χ0) is 14.1. The molecule has 5 nitrogen and oxygen atoms in total. The summed E-state index contributed by atoms with van der Waals surface area (Å²) in [5.74, 6) is 0.0504. The van der Waals surface area contributed by atoms with Crippen LogP contribution >= 0.6 is 0 Å². The van der Waals surface area contributed by atoms with E-state index in [1.54, 1.807) is 4.90 Å². The van der Waals surface area contributed by atoms with Crippen LogP contribution in [0.2, 0.25) is 0 Å². The molecule has 6 heteroatoms. The fraction of sp³-hybridized carbons (Fsp3) is 0.917. The summed E-state index contributed by atoms with van der Waals surface area (Å²) in [5, 5.41) is 3.23. The summed E-state index contributed by atoms with van der Waals surface area (Å²) in [6, 6.07) is 0.399. The molecule has 0 aromatic rings. The minimum atomic E-state index is -3.39. The molecule has 0 spiro atoms. The van der Waals surface area contributed by atoms with Crippen LogP contribution in [0.3, 0.4) is 0 Å². The van der Waals surface area contributed by atoms with E-state index in [0.29, 0.717) is 25.0 Å². The number of sulfone groups is 1. The molecule has 1 aliphatic heterocycles. The molecular formula is C12H24N2O3S. The van der Waals surface area contributed by atoms with Crippen molar-refractivity contribution in [3.8, 4) is 0 Å². The first-order valence-corrected chi connectivity index (χ1v) is 8.16. The number of piperidine rings is 1. The Bertz CT molecular complexity index is 417. The van der Waals surface area contributed by atoms with Gasteiger partial charge in [0.15, 0.2) is 9.84 Å².